The standard InChI is InChI=1S/C22H22BrN3O2/c1-26(15-22(28)25-20-11-5-4-10-18(20)23)14-13-21(27)24-19-12-6-8-16-7-2-3-9-17(16)19/h2-12H,13-15H2,1H3,(H,24,27)(H,25,28). The number of nitrogens with one attached hydrogen (secondary N) is 2. The van der Waals surface area contributed by atoms with Gasteiger partial charge < -0.3 is 10.6 Å². The van der Waals surface area contributed by atoms with Gasteiger partial charge in [0.1, 0.15) is 0 Å². The lowest BCUT2D eigenvalue weighted by atomic mass is 10.1. The molecule has 0 fully saturated rings. The zero-order valence-corrected chi connectivity index (χ0v) is 17.2. The van der Waals surface area contributed by atoms with Crippen LogP contribution in [-0.4, -0.2) is 36.9 Å². The number of nitrogens with zero attached hydrogens (tertiary/aromatic N) is 1. The molecule has 3 rings (SSSR count). The maximum Gasteiger partial charge on any atom is 0.238 e. The van der Waals surface area contributed by atoms with Crippen LogP contribution in [0.25, 0.3) is 10.8 Å². The third-order valence-electron chi connectivity index (χ3n) is 4.35. The summed E-state index contributed by atoms with van der Waals surface area (Å²) in [6.07, 6.45) is 0.308. The molecule has 0 aromatic heterocycles. The van der Waals surface area contributed by atoms with Crippen LogP contribution in [0.1, 0.15) is 6.42 Å². The van der Waals surface area contributed by atoms with Crippen LogP contribution in [0.15, 0.2) is 71.2 Å². The summed E-state index contributed by atoms with van der Waals surface area (Å²) in [4.78, 5) is 26.3. The van der Waals surface area contributed by atoms with E-state index in [1.54, 1.807) is 0 Å². The van der Waals surface area contributed by atoms with E-state index in [1.165, 1.54) is 0 Å². The van der Waals surface area contributed by atoms with Crippen LogP contribution in [0.4, 0.5) is 11.4 Å². The molecule has 144 valence electrons. The van der Waals surface area contributed by atoms with Gasteiger partial charge in [-0.1, -0.05) is 48.5 Å². The number of amides is 2. The molecule has 0 unspecified atom stereocenters. The summed E-state index contributed by atoms with van der Waals surface area (Å²) in [6, 6.07) is 21.2. The fourth-order valence-electron chi connectivity index (χ4n) is 2.92. The zero-order chi connectivity index (χ0) is 19.9. The first-order valence-electron chi connectivity index (χ1n) is 9.03. The van der Waals surface area contributed by atoms with Crippen LogP contribution in [0.5, 0.6) is 0 Å². The zero-order valence-electron chi connectivity index (χ0n) is 15.6. The highest BCUT2D eigenvalue weighted by atomic mass is 79.9. The minimum absolute atomic E-state index is 0.0746. The van der Waals surface area contributed by atoms with Gasteiger partial charge in [-0.25, -0.2) is 0 Å². The molecule has 0 bridgehead atoms. The number of likely N-dealkylation sites (N-methyl/N-ethyl adjacent to an activating group) is 1. The summed E-state index contributed by atoms with van der Waals surface area (Å²) in [6.45, 7) is 0.697. The van der Waals surface area contributed by atoms with Crippen molar-refractivity contribution in [3.8, 4) is 0 Å². The smallest absolute Gasteiger partial charge is 0.238 e. The molecule has 2 amide bonds. The molecule has 0 aliphatic heterocycles. The molecule has 0 heterocycles. The molecule has 0 saturated heterocycles. The number of halogens is 1. The first-order chi connectivity index (χ1) is 13.5. The Morgan fingerprint density at radius 3 is 2.32 bits per heavy atom. The van der Waals surface area contributed by atoms with E-state index in [0.717, 1.165) is 26.6 Å². The quantitative estimate of drug-likeness (QED) is 0.569. The molecule has 28 heavy (non-hydrogen) atoms. The fourth-order valence-corrected chi connectivity index (χ4v) is 3.30. The van der Waals surface area contributed by atoms with Crippen molar-refractivity contribution in [2.75, 3.05) is 30.8 Å². The predicted molar refractivity (Wildman–Crippen MR) is 117 cm³/mol. The lowest BCUT2D eigenvalue weighted by Crippen LogP contribution is -2.32. The van der Waals surface area contributed by atoms with E-state index in [4.69, 9.17) is 0 Å². The largest absolute Gasteiger partial charge is 0.325 e. The van der Waals surface area contributed by atoms with Crippen LogP contribution in [-0.2, 0) is 9.59 Å². The van der Waals surface area contributed by atoms with Crippen molar-refractivity contribution in [1.29, 1.82) is 0 Å². The Kier molecular flexibility index (Phi) is 6.79. The molecule has 0 aliphatic carbocycles. The van der Waals surface area contributed by atoms with E-state index in [-0.39, 0.29) is 18.4 Å². The number of hydrogen-bond donors (Lipinski definition) is 2. The molecule has 0 saturated carbocycles. The van der Waals surface area contributed by atoms with Crippen molar-refractivity contribution in [2.24, 2.45) is 0 Å². The van der Waals surface area contributed by atoms with Gasteiger partial charge in [0.05, 0.1) is 12.2 Å². The topological polar surface area (TPSA) is 61.4 Å². The first-order valence-corrected chi connectivity index (χ1v) is 9.83. The second-order valence-electron chi connectivity index (χ2n) is 6.59. The number of hydrogen-bond acceptors (Lipinski definition) is 3. The van der Waals surface area contributed by atoms with Gasteiger partial charge in [0.25, 0.3) is 0 Å². The Balaban J connectivity index is 1.48. The highest BCUT2D eigenvalue weighted by molar-refractivity contribution is 9.10. The number of carbonyl (C=O) groups is 2. The lowest BCUT2D eigenvalue weighted by molar-refractivity contribution is -0.119. The summed E-state index contributed by atoms with van der Waals surface area (Å²) in [7, 11) is 1.82. The minimum atomic E-state index is -0.121. The Labute approximate surface area is 172 Å². The highest BCUT2D eigenvalue weighted by Crippen LogP contribution is 2.23. The Bertz CT molecular complexity index is 985. The van der Waals surface area contributed by atoms with Crippen LogP contribution in [0.2, 0.25) is 0 Å². The fraction of sp³-hybridized carbons (Fsp3) is 0.182. The van der Waals surface area contributed by atoms with E-state index in [0.29, 0.717) is 13.0 Å². The average Bonchev–Trinajstić information content (AvgIpc) is 2.68. The van der Waals surface area contributed by atoms with E-state index in [1.807, 2.05) is 78.7 Å². The van der Waals surface area contributed by atoms with Crippen LogP contribution >= 0.6 is 15.9 Å². The van der Waals surface area contributed by atoms with Crippen molar-refractivity contribution in [2.45, 2.75) is 6.42 Å². The van der Waals surface area contributed by atoms with Crippen molar-refractivity contribution in [1.82, 2.24) is 4.90 Å². The van der Waals surface area contributed by atoms with Gasteiger partial charge in [-0.15, -0.1) is 0 Å². The van der Waals surface area contributed by atoms with E-state index >= 15 is 0 Å². The third-order valence-corrected chi connectivity index (χ3v) is 5.04. The summed E-state index contributed by atoms with van der Waals surface area (Å²) < 4.78 is 0.834. The monoisotopic (exact) mass is 439 g/mol. The summed E-state index contributed by atoms with van der Waals surface area (Å²) in [5.74, 6) is -0.196. The molecular formula is C22H22BrN3O2. The van der Waals surface area contributed by atoms with Gasteiger partial charge in [0, 0.05) is 28.5 Å². The number of para-hydroxylation sites is 1. The molecule has 3 aromatic rings. The number of anilines is 2. The summed E-state index contributed by atoms with van der Waals surface area (Å²) in [5.41, 5.74) is 1.53. The molecule has 0 spiro atoms. The molecule has 0 aliphatic rings. The van der Waals surface area contributed by atoms with E-state index in [9.17, 15) is 9.59 Å². The van der Waals surface area contributed by atoms with E-state index in [2.05, 4.69) is 26.6 Å². The summed E-state index contributed by atoms with van der Waals surface area (Å²) >= 11 is 3.41. The van der Waals surface area contributed by atoms with Crippen LogP contribution in [0.3, 0.4) is 0 Å². The van der Waals surface area contributed by atoms with Gasteiger partial charge in [-0.2, -0.15) is 0 Å². The molecule has 0 radical (unpaired) electrons. The maximum absolute atomic E-state index is 12.3. The van der Waals surface area contributed by atoms with E-state index < -0.39 is 0 Å². The Morgan fingerprint density at radius 1 is 0.857 bits per heavy atom. The molecular weight excluding hydrogens is 418 g/mol. The third kappa shape index (κ3) is 5.41. The van der Waals surface area contributed by atoms with Gasteiger partial charge in [-0.3, -0.25) is 14.5 Å². The van der Waals surface area contributed by atoms with Crippen molar-refractivity contribution in [3.63, 3.8) is 0 Å². The number of fused-ring (bicyclic) bond motifs is 1. The Morgan fingerprint density at radius 2 is 1.50 bits per heavy atom. The molecule has 2 N–H and O–H groups in total. The lowest BCUT2D eigenvalue weighted by Gasteiger charge is -2.16. The molecule has 6 heteroatoms. The molecule has 3 aromatic carbocycles. The van der Waals surface area contributed by atoms with Crippen LogP contribution in [0, 0.1) is 0 Å². The highest BCUT2D eigenvalue weighted by Gasteiger charge is 2.11. The van der Waals surface area contributed by atoms with Gasteiger partial charge in [0.15, 0.2) is 0 Å². The van der Waals surface area contributed by atoms with Crippen molar-refractivity contribution in [3.05, 3.63) is 71.2 Å². The van der Waals surface area contributed by atoms with Crippen molar-refractivity contribution < 1.29 is 9.59 Å². The maximum atomic E-state index is 12.3. The second-order valence-corrected chi connectivity index (χ2v) is 7.45. The number of carbonyl (C=O) groups excluding carboxylic acids is 2. The number of rotatable bonds is 7. The van der Waals surface area contributed by atoms with Gasteiger partial charge in [-0.05, 0) is 46.6 Å². The number of benzene rings is 3. The normalized spacial score (nSPS) is 10.8. The van der Waals surface area contributed by atoms with Gasteiger partial charge >= 0.3 is 0 Å². The average molecular weight is 440 g/mol. The summed E-state index contributed by atoms with van der Waals surface area (Å²) in [5, 5.41) is 7.93. The van der Waals surface area contributed by atoms with Gasteiger partial charge in [0.2, 0.25) is 11.8 Å². The molecule has 5 nitrogen and oxygen atoms in total. The Hall–Kier alpha value is -2.70. The first kappa shape index (κ1) is 20.0. The predicted octanol–water partition coefficient (Wildman–Crippen LogP) is 4.50. The second kappa shape index (κ2) is 9.48. The minimum Gasteiger partial charge on any atom is -0.325 e. The van der Waals surface area contributed by atoms with Crippen molar-refractivity contribution >= 4 is 49.9 Å². The SMILES string of the molecule is CN(CCC(=O)Nc1cccc2ccccc12)CC(=O)Nc1ccccc1Br. The van der Waals surface area contributed by atoms with Crippen LogP contribution < -0.4 is 10.6 Å². The molecule has 0 atom stereocenters.